The molecule has 0 saturated heterocycles. The average molecular weight is 472 g/mol. The summed E-state index contributed by atoms with van der Waals surface area (Å²) in [4.78, 5) is 4.24. The molecule has 0 bridgehead atoms. The predicted molar refractivity (Wildman–Crippen MR) is 136 cm³/mol. The summed E-state index contributed by atoms with van der Waals surface area (Å²) >= 11 is 1.56. The molecule has 0 radical (unpaired) electrons. The van der Waals surface area contributed by atoms with Crippen LogP contribution in [0.5, 0.6) is 0 Å². The predicted octanol–water partition coefficient (Wildman–Crippen LogP) is 5.16. The lowest BCUT2D eigenvalue weighted by Crippen LogP contribution is -2.33. The number of nitriles is 1. The van der Waals surface area contributed by atoms with Crippen molar-refractivity contribution in [3.8, 4) is 17.2 Å². The molecule has 0 amide bonds. The summed E-state index contributed by atoms with van der Waals surface area (Å²) < 4.78 is 4.01. The van der Waals surface area contributed by atoms with Crippen molar-refractivity contribution in [1.82, 2.24) is 24.3 Å². The minimum absolute atomic E-state index is 0.432. The number of rotatable bonds is 5. The second kappa shape index (κ2) is 9.16. The first-order chi connectivity index (χ1) is 16.5. The maximum absolute atomic E-state index is 9.65. The van der Waals surface area contributed by atoms with Gasteiger partial charge in [-0.2, -0.15) is 15.5 Å². The minimum Gasteiger partial charge on any atom is -0.398 e. The molecule has 0 spiro atoms. The van der Waals surface area contributed by atoms with E-state index in [0.29, 0.717) is 23.3 Å². The molecule has 1 aliphatic carbocycles. The van der Waals surface area contributed by atoms with Crippen LogP contribution in [0.3, 0.4) is 0 Å². The second-order valence-electron chi connectivity index (χ2n) is 9.21. The quantitative estimate of drug-likeness (QED) is 0.405. The standard InChI is InChI=1S/C26H29N7S/c1-17-22(15-30-33(17)21-10-8-20(9-11-21)31(2)3)18-12-25(34-24-7-5-4-6-23(24)28)26-19(13-27)14-29-32(26)16-18/h4-7,12,14-16,20-21H,8-11,28H2,1-3H3. The molecule has 1 fully saturated rings. The van der Waals surface area contributed by atoms with Crippen molar-refractivity contribution in [2.75, 3.05) is 19.8 Å². The Kier molecular flexibility index (Phi) is 6.07. The molecule has 7 nitrogen and oxygen atoms in total. The van der Waals surface area contributed by atoms with E-state index >= 15 is 0 Å². The van der Waals surface area contributed by atoms with E-state index in [1.54, 1.807) is 22.5 Å². The largest absolute Gasteiger partial charge is 0.398 e. The molecule has 0 atom stereocenters. The van der Waals surface area contributed by atoms with Crippen molar-refractivity contribution in [3.63, 3.8) is 0 Å². The van der Waals surface area contributed by atoms with Gasteiger partial charge in [0, 0.05) is 44.5 Å². The zero-order valence-electron chi connectivity index (χ0n) is 19.8. The van der Waals surface area contributed by atoms with E-state index in [1.807, 2.05) is 36.7 Å². The number of nitrogens with two attached hydrogens (primary N) is 1. The lowest BCUT2D eigenvalue weighted by molar-refractivity contribution is 0.188. The summed E-state index contributed by atoms with van der Waals surface area (Å²) in [6.07, 6.45) is 10.3. The highest BCUT2D eigenvalue weighted by molar-refractivity contribution is 7.99. The van der Waals surface area contributed by atoms with Crippen LogP contribution in [0.15, 0.2) is 58.7 Å². The van der Waals surface area contributed by atoms with Crippen LogP contribution in [0.4, 0.5) is 5.69 Å². The first kappa shape index (κ1) is 22.5. The second-order valence-corrected chi connectivity index (χ2v) is 10.3. The van der Waals surface area contributed by atoms with Crippen LogP contribution in [0, 0.1) is 18.3 Å². The summed E-state index contributed by atoms with van der Waals surface area (Å²) in [5, 5.41) is 18.9. The van der Waals surface area contributed by atoms with E-state index in [9.17, 15) is 5.26 Å². The fourth-order valence-corrected chi connectivity index (χ4v) is 6.03. The Hall–Kier alpha value is -3.28. The van der Waals surface area contributed by atoms with Crippen molar-refractivity contribution in [2.45, 2.75) is 54.5 Å². The third-order valence-corrected chi connectivity index (χ3v) is 8.06. The SMILES string of the molecule is Cc1c(-c2cc(Sc3ccccc3N)c3c(C#N)cnn3c2)cnn1C1CCC(N(C)C)CC1. The number of hydrogen-bond acceptors (Lipinski definition) is 6. The van der Waals surface area contributed by atoms with Gasteiger partial charge in [-0.25, -0.2) is 4.52 Å². The van der Waals surface area contributed by atoms with Gasteiger partial charge >= 0.3 is 0 Å². The average Bonchev–Trinajstić information content (AvgIpc) is 3.44. The molecule has 3 heterocycles. The molecule has 34 heavy (non-hydrogen) atoms. The normalized spacial score (nSPS) is 18.4. The highest BCUT2D eigenvalue weighted by atomic mass is 32.2. The number of pyridine rings is 1. The van der Waals surface area contributed by atoms with E-state index in [-0.39, 0.29) is 0 Å². The molecule has 1 saturated carbocycles. The molecule has 2 N–H and O–H groups in total. The zero-order valence-corrected chi connectivity index (χ0v) is 20.6. The van der Waals surface area contributed by atoms with Gasteiger partial charge in [-0.3, -0.25) is 4.68 Å². The maximum Gasteiger partial charge on any atom is 0.103 e. The highest BCUT2D eigenvalue weighted by Crippen LogP contribution is 2.39. The van der Waals surface area contributed by atoms with Crippen LogP contribution in [-0.4, -0.2) is 44.4 Å². The highest BCUT2D eigenvalue weighted by Gasteiger charge is 2.26. The van der Waals surface area contributed by atoms with E-state index in [1.165, 1.54) is 12.8 Å². The molecular weight excluding hydrogens is 442 g/mol. The van der Waals surface area contributed by atoms with Crippen molar-refractivity contribution < 1.29 is 0 Å². The van der Waals surface area contributed by atoms with Gasteiger partial charge in [0.1, 0.15) is 6.07 Å². The van der Waals surface area contributed by atoms with Crippen molar-refractivity contribution in [1.29, 1.82) is 5.26 Å². The zero-order chi connectivity index (χ0) is 23.8. The number of anilines is 1. The van der Waals surface area contributed by atoms with Gasteiger partial charge in [-0.1, -0.05) is 23.9 Å². The van der Waals surface area contributed by atoms with E-state index < -0.39 is 0 Å². The van der Waals surface area contributed by atoms with Gasteiger partial charge in [0.05, 0.1) is 29.5 Å². The van der Waals surface area contributed by atoms with Crippen LogP contribution >= 0.6 is 11.8 Å². The Morgan fingerprint density at radius 2 is 1.85 bits per heavy atom. The third-order valence-electron chi connectivity index (χ3n) is 6.93. The minimum atomic E-state index is 0.432. The fourth-order valence-electron chi connectivity index (χ4n) is 4.98. The van der Waals surface area contributed by atoms with Gasteiger partial charge in [0.15, 0.2) is 0 Å². The van der Waals surface area contributed by atoms with E-state index in [2.05, 4.69) is 47.8 Å². The lowest BCUT2D eigenvalue weighted by atomic mass is 9.90. The lowest BCUT2D eigenvalue weighted by Gasteiger charge is -2.33. The molecule has 1 aliphatic rings. The first-order valence-corrected chi connectivity index (χ1v) is 12.4. The molecule has 8 heteroatoms. The Morgan fingerprint density at radius 3 is 2.56 bits per heavy atom. The van der Waals surface area contributed by atoms with Crippen molar-refractivity contribution >= 4 is 23.0 Å². The van der Waals surface area contributed by atoms with E-state index in [4.69, 9.17) is 10.8 Å². The van der Waals surface area contributed by atoms with Crippen LogP contribution in [0.2, 0.25) is 0 Å². The van der Waals surface area contributed by atoms with Crippen LogP contribution in [-0.2, 0) is 0 Å². The van der Waals surface area contributed by atoms with Crippen LogP contribution in [0.1, 0.15) is 43.0 Å². The molecule has 1 aromatic carbocycles. The maximum atomic E-state index is 9.65. The Balaban J connectivity index is 1.53. The Labute approximate surface area is 204 Å². The molecule has 4 aromatic rings. The molecule has 3 aromatic heterocycles. The molecule has 174 valence electrons. The summed E-state index contributed by atoms with van der Waals surface area (Å²) in [5.74, 6) is 0. The smallest absolute Gasteiger partial charge is 0.103 e. The number of benzene rings is 1. The molecule has 0 aliphatic heterocycles. The fraction of sp³-hybridized carbons (Fsp3) is 0.346. The van der Waals surface area contributed by atoms with Crippen LogP contribution < -0.4 is 5.73 Å². The van der Waals surface area contributed by atoms with Gasteiger partial charge in [0.25, 0.3) is 0 Å². The van der Waals surface area contributed by atoms with Crippen molar-refractivity contribution in [3.05, 3.63) is 60.2 Å². The van der Waals surface area contributed by atoms with Crippen LogP contribution in [0.25, 0.3) is 16.6 Å². The topological polar surface area (TPSA) is 88.2 Å². The number of para-hydroxylation sites is 1. The van der Waals surface area contributed by atoms with Gasteiger partial charge < -0.3 is 10.6 Å². The summed E-state index contributed by atoms with van der Waals surface area (Å²) in [6.45, 7) is 2.15. The van der Waals surface area contributed by atoms with Crippen molar-refractivity contribution in [2.24, 2.45) is 0 Å². The molecular formula is C26H29N7S. The third kappa shape index (κ3) is 4.06. The first-order valence-electron chi connectivity index (χ1n) is 11.6. The Morgan fingerprint density at radius 1 is 1.09 bits per heavy atom. The molecule has 5 rings (SSSR count). The summed E-state index contributed by atoms with van der Waals surface area (Å²) in [7, 11) is 4.34. The number of nitrogens with zero attached hydrogens (tertiary/aromatic N) is 6. The van der Waals surface area contributed by atoms with Gasteiger partial charge in [-0.05, 0) is 64.9 Å². The van der Waals surface area contributed by atoms with E-state index in [0.717, 1.165) is 45.0 Å². The monoisotopic (exact) mass is 471 g/mol. The van der Waals surface area contributed by atoms with Gasteiger partial charge in [-0.15, -0.1) is 0 Å². The number of hydrogen-bond donors (Lipinski definition) is 1. The summed E-state index contributed by atoms with van der Waals surface area (Å²) in [5.41, 5.74) is 11.6. The van der Waals surface area contributed by atoms with Gasteiger partial charge in [0.2, 0.25) is 0 Å². The Bertz CT molecular complexity index is 1370. The molecule has 0 unspecified atom stereocenters. The summed E-state index contributed by atoms with van der Waals surface area (Å²) in [6, 6.07) is 13.3. The number of nitrogen functional groups attached to an aromatic ring is 1. The number of fused-ring (bicyclic) bond motifs is 1. The number of aromatic nitrogens is 4.